The summed E-state index contributed by atoms with van der Waals surface area (Å²) in [5.41, 5.74) is 3.18. The van der Waals surface area contributed by atoms with E-state index < -0.39 is 19.5 Å². The minimum Gasteiger partial charge on any atom is -0.381 e. The molecule has 1 aliphatic carbocycles. The molecule has 1 saturated carbocycles. The van der Waals surface area contributed by atoms with Gasteiger partial charge in [0.25, 0.3) is 0 Å². The summed E-state index contributed by atoms with van der Waals surface area (Å²) in [5.74, 6) is 0. The van der Waals surface area contributed by atoms with E-state index in [1.807, 2.05) is 55.5 Å². The molecule has 0 atom stereocenters. The fraction of sp³-hybridized carbons (Fsp3) is 0.419. The van der Waals surface area contributed by atoms with Crippen LogP contribution in [-0.4, -0.2) is 39.1 Å². The van der Waals surface area contributed by atoms with Gasteiger partial charge in [0, 0.05) is 18.6 Å². The Balaban J connectivity index is 1.33. The summed E-state index contributed by atoms with van der Waals surface area (Å²) in [4.78, 5) is 0.272. The maximum absolute atomic E-state index is 13.4. The van der Waals surface area contributed by atoms with E-state index in [9.17, 15) is 8.42 Å². The van der Waals surface area contributed by atoms with E-state index in [0.717, 1.165) is 31.2 Å². The fourth-order valence-electron chi connectivity index (χ4n) is 5.06. The van der Waals surface area contributed by atoms with Crippen LogP contribution in [-0.2, 0) is 32.2 Å². The van der Waals surface area contributed by atoms with Crippen molar-refractivity contribution < 1.29 is 17.9 Å². The summed E-state index contributed by atoms with van der Waals surface area (Å²) in [5, 5.41) is 0. The minimum atomic E-state index is -3.68. The molecule has 0 spiro atoms. The predicted molar refractivity (Wildman–Crippen MR) is 150 cm³/mol. The number of halogens is 1. The van der Waals surface area contributed by atoms with Gasteiger partial charge in [-0.2, -0.15) is 0 Å². The number of aryl methyl sites for hydroxylation is 3. The number of sulfone groups is 1. The van der Waals surface area contributed by atoms with Crippen molar-refractivity contribution in [1.29, 1.82) is 0 Å². The zero-order valence-corrected chi connectivity index (χ0v) is 23.1. The van der Waals surface area contributed by atoms with Crippen LogP contribution in [0.2, 0.25) is 0 Å². The van der Waals surface area contributed by atoms with Crippen molar-refractivity contribution in [1.82, 2.24) is 0 Å². The van der Waals surface area contributed by atoms with Crippen LogP contribution in [0.1, 0.15) is 42.4 Å². The standard InChI is InChI=1S/C31H37ClO4S/c1-26-16-18-29(19-17-26)37(33,34)31(32)22-30(23-31,24-35-20-8-14-27-10-4-2-5-11-27)25-36-21-9-15-28-12-6-3-7-13-28/h2-7,10-13,16-19H,8-9,14-15,20-25H2,1H3. The summed E-state index contributed by atoms with van der Waals surface area (Å²) in [6, 6.07) is 27.6. The third kappa shape index (κ3) is 7.23. The number of hydrogen-bond acceptors (Lipinski definition) is 4. The van der Waals surface area contributed by atoms with Gasteiger partial charge in [0.2, 0.25) is 0 Å². The van der Waals surface area contributed by atoms with Crippen molar-refractivity contribution in [3.63, 3.8) is 0 Å². The molecular formula is C31H37ClO4S. The molecule has 0 amide bonds. The Labute approximate surface area is 226 Å². The molecule has 1 aliphatic rings. The Morgan fingerprint density at radius 1 is 0.730 bits per heavy atom. The van der Waals surface area contributed by atoms with Gasteiger partial charge < -0.3 is 9.47 Å². The maximum atomic E-state index is 13.4. The third-order valence-electron chi connectivity index (χ3n) is 7.10. The van der Waals surface area contributed by atoms with E-state index in [1.54, 1.807) is 12.1 Å². The van der Waals surface area contributed by atoms with Gasteiger partial charge in [0.15, 0.2) is 14.0 Å². The Hall–Kier alpha value is -2.18. The van der Waals surface area contributed by atoms with Crippen LogP contribution in [0.4, 0.5) is 0 Å². The average molecular weight is 541 g/mol. The molecule has 37 heavy (non-hydrogen) atoms. The first-order valence-corrected chi connectivity index (χ1v) is 14.9. The Morgan fingerprint density at radius 2 is 1.19 bits per heavy atom. The van der Waals surface area contributed by atoms with E-state index >= 15 is 0 Å². The highest BCUT2D eigenvalue weighted by Gasteiger charge is 2.61. The molecule has 0 heterocycles. The van der Waals surface area contributed by atoms with E-state index in [2.05, 4.69) is 24.3 Å². The quantitative estimate of drug-likeness (QED) is 0.167. The van der Waals surface area contributed by atoms with Crippen molar-refractivity contribution in [3.8, 4) is 0 Å². The molecule has 0 radical (unpaired) electrons. The summed E-state index contributed by atoms with van der Waals surface area (Å²) in [7, 11) is -3.68. The lowest BCUT2D eigenvalue weighted by Crippen LogP contribution is -2.57. The zero-order valence-electron chi connectivity index (χ0n) is 21.6. The number of benzene rings is 3. The highest BCUT2D eigenvalue weighted by Crippen LogP contribution is 2.57. The number of ether oxygens (including phenoxy) is 2. The van der Waals surface area contributed by atoms with E-state index in [4.69, 9.17) is 21.1 Å². The van der Waals surface area contributed by atoms with Gasteiger partial charge >= 0.3 is 0 Å². The second-order valence-electron chi connectivity index (χ2n) is 10.3. The second-order valence-corrected chi connectivity index (χ2v) is 13.5. The lowest BCUT2D eigenvalue weighted by Gasteiger charge is -2.51. The van der Waals surface area contributed by atoms with Gasteiger partial charge in [0.05, 0.1) is 18.1 Å². The first-order chi connectivity index (χ1) is 17.8. The summed E-state index contributed by atoms with van der Waals surface area (Å²) in [6.45, 7) is 4.05. The minimum absolute atomic E-state index is 0.272. The predicted octanol–water partition coefficient (Wildman–Crippen LogP) is 6.78. The Bertz CT molecular complexity index is 1150. The molecule has 4 rings (SSSR count). The van der Waals surface area contributed by atoms with E-state index in [0.29, 0.717) is 39.3 Å². The maximum Gasteiger partial charge on any atom is 0.198 e. The van der Waals surface area contributed by atoms with Gasteiger partial charge in [-0.05, 0) is 68.7 Å². The molecule has 0 aromatic heterocycles. The van der Waals surface area contributed by atoms with Crippen LogP contribution in [0.5, 0.6) is 0 Å². The van der Waals surface area contributed by atoms with Crippen LogP contribution < -0.4 is 0 Å². The van der Waals surface area contributed by atoms with Crippen molar-refractivity contribution in [2.24, 2.45) is 5.41 Å². The van der Waals surface area contributed by atoms with E-state index in [1.165, 1.54) is 11.1 Å². The van der Waals surface area contributed by atoms with Crippen molar-refractivity contribution >= 4 is 21.4 Å². The lowest BCUT2D eigenvalue weighted by molar-refractivity contribution is -0.0708. The number of hydrogen-bond donors (Lipinski definition) is 0. The average Bonchev–Trinajstić information content (AvgIpc) is 2.88. The molecule has 0 aliphatic heterocycles. The lowest BCUT2D eigenvalue weighted by atomic mass is 9.69. The first-order valence-electron chi connectivity index (χ1n) is 13.1. The van der Waals surface area contributed by atoms with Crippen LogP contribution >= 0.6 is 11.6 Å². The molecular weight excluding hydrogens is 504 g/mol. The Kier molecular flexibility index (Phi) is 9.46. The number of alkyl halides is 1. The fourth-order valence-corrected chi connectivity index (χ4v) is 7.80. The highest BCUT2D eigenvalue weighted by atomic mass is 35.5. The van der Waals surface area contributed by atoms with Gasteiger partial charge in [-0.15, -0.1) is 11.6 Å². The molecule has 1 fully saturated rings. The summed E-state index contributed by atoms with van der Waals surface area (Å²) in [6.07, 6.45) is 4.35. The number of rotatable bonds is 14. The third-order valence-corrected chi connectivity index (χ3v) is 10.1. The second kappa shape index (κ2) is 12.6. The molecule has 198 valence electrons. The Morgan fingerprint density at radius 3 is 1.65 bits per heavy atom. The van der Waals surface area contributed by atoms with Crippen molar-refractivity contribution in [2.75, 3.05) is 26.4 Å². The summed E-state index contributed by atoms with van der Waals surface area (Å²) < 4.78 is 37.6. The van der Waals surface area contributed by atoms with E-state index in [-0.39, 0.29) is 4.90 Å². The van der Waals surface area contributed by atoms with Gasteiger partial charge in [-0.1, -0.05) is 78.4 Å². The molecule has 0 unspecified atom stereocenters. The molecule has 0 N–H and O–H groups in total. The topological polar surface area (TPSA) is 52.6 Å². The van der Waals surface area contributed by atoms with Gasteiger partial charge in [-0.3, -0.25) is 0 Å². The molecule has 3 aromatic carbocycles. The van der Waals surface area contributed by atoms with Gasteiger partial charge in [0.1, 0.15) is 0 Å². The molecule has 6 heteroatoms. The van der Waals surface area contributed by atoms with Crippen molar-refractivity contribution in [2.45, 2.75) is 54.6 Å². The molecule has 4 nitrogen and oxygen atoms in total. The van der Waals surface area contributed by atoms with Crippen LogP contribution in [0.25, 0.3) is 0 Å². The SMILES string of the molecule is Cc1ccc(S(=O)(=O)C2(Cl)CC(COCCCc3ccccc3)(COCCCc3ccccc3)C2)cc1. The molecule has 3 aromatic rings. The zero-order chi connectivity index (χ0) is 26.2. The largest absolute Gasteiger partial charge is 0.381 e. The van der Waals surface area contributed by atoms with Gasteiger partial charge in [-0.25, -0.2) is 8.42 Å². The highest BCUT2D eigenvalue weighted by molar-refractivity contribution is 7.94. The van der Waals surface area contributed by atoms with Crippen LogP contribution in [0.15, 0.2) is 89.8 Å². The van der Waals surface area contributed by atoms with Crippen molar-refractivity contribution in [3.05, 3.63) is 102 Å². The molecule has 0 bridgehead atoms. The first kappa shape index (κ1) is 27.8. The summed E-state index contributed by atoms with van der Waals surface area (Å²) >= 11 is 6.80. The normalized spacial score (nSPS) is 16.3. The monoisotopic (exact) mass is 540 g/mol. The smallest absolute Gasteiger partial charge is 0.198 e. The van der Waals surface area contributed by atoms with Crippen LogP contribution in [0.3, 0.4) is 0 Å². The molecule has 0 saturated heterocycles. The van der Waals surface area contributed by atoms with Crippen LogP contribution in [0, 0.1) is 12.3 Å².